The number of hydrogen-bond donors (Lipinski definition) is 2. The van der Waals surface area contributed by atoms with Crippen LogP contribution in [0.4, 0.5) is 0 Å². The van der Waals surface area contributed by atoms with Crippen molar-refractivity contribution in [3.8, 4) is 0 Å². The molecular formula is C12H20N4O2. The maximum Gasteiger partial charge on any atom is 0.325 e. The average molecular weight is 252 g/mol. The third kappa shape index (κ3) is 2.54. The lowest BCUT2D eigenvalue weighted by Crippen LogP contribution is -2.50. The number of nitrogens with two attached hydrogens (primary N) is 1. The van der Waals surface area contributed by atoms with E-state index in [4.69, 9.17) is 10.8 Å². The Labute approximate surface area is 106 Å². The second-order valence-electron chi connectivity index (χ2n) is 5.30. The van der Waals surface area contributed by atoms with E-state index < -0.39 is 11.5 Å². The number of aliphatic carboxylic acids is 1. The van der Waals surface area contributed by atoms with Crippen LogP contribution >= 0.6 is 0 Å². The van der Waals surface area contributed by atoms with Crippen LogP contribution in [-0.4, -0.2) is 44.4 Å². The van der Waals surface area contributed by atoms with E-state index in [9.17, 15) is 4.79 Å². The Morgan fingerprint density at radius 3 is 2.89 bits per heavy atom. The van der Waals surface area contributed by atoms with Crippen LogP contribution in [0.2, 0.25) is 0 Å². The van der Waals surface area contributed by atoms with Crippen molar-refractivity contribution < 1.29 is 9.90 Å². The Kier molecular flexibility index (Phi) is 3.41. The summed E-state index contributed by atoms with van der Waals surface area (Å²) in [5, 5.41) is 13.5. The molecule has 1 aliphatic heterocycles. The molecule has 1 aromatic rings. The Balaban J connectivity index is 1.97. The smallest absolute Gasteiger partial charge is 0.325 e. The van der Waals surface area contributed by atoms with Crippen LogP contribution < -0.4 is 5.73 Å². The zero-order valence-corrected chi connectivity index (χ0v) is 10.8. The standard InChI is InChI=1S/C12H20N4O2/c1-9(2)16-5-3-10(14-16)7-15-6-4-12(13,8-15)11(17)18/h3,5,9H,4,6-8,13H2,1-2H3,(H,17,18). The summed E-state index contributed by atoms with van der Waals surface area (Å²) >= 11 is 0. The van der Waals surface area contributed by atoms with Gasteiger partial charge < -0.3 is 10.8 Å². The molecule has 1 aromatic heterocycles. The van der Waals surface area contributed by atoms with Gasteiger partial charge in [0.1, 0.15) is 5.54 Å². The average Bonchev–Trinajstić information content (AvgIpc) is 2.87. The van der Waals surface area contributed by atoms with Crippen molar-refractivity contribution in [2.24, 2.45) is 5.73 Å². The molecule has 0 radical (unpaired) electrons. The van der Waals surface area contributed by atoms with Crippen LogP contribution in [0.15, 0.2) is 12.3 Å². The molecule has 2 heterocycles. The molecule has 0 spiro atoms. The van der Waals surface area contributed by atoms with Gasteiger partial charge in [0, 0.05) is 31.9 Å². The highest BCUT2D eigenvalue weighted by Gasteiger charge is 2.41. The first-order valence-electron chi connectivity index (χ1n) is 6.19. The molecule has 0 amide bonds. The molecule has 1 unspecified atom stereocenters. The Morgan fingerprint density at radius 2 is 2.39 bits per heavy atom. The number of aromatic nitrogens is 2. The molecule has 0 aromatic carbocycles. The molecule has 100 valence electrons. The second-order valence-corrected chi connectivity index (χ2v) is 5.30. The first-order chi connectivity index (χ1) is 8.40. The van der Waals surface area contributed by atoms with Crippen molar-refractivity contribution in [2.75, 3.05) is 13.1 Å². The van der Waals surface area contributed by atoms with E-state index in [1.807, 2.05) is 21.8 Å². The lowest BCUT2D eigenvalue weighted by atomic mass is 10.0. The fourth-order valence-electron chi connectivity index (χ4n) is 2.20. The Bertz CT molecular complexity index is 443. The highest BCUT2D eigenvalue weighted by molar-refractivity contribution is 5.79. The summed E-state index contributed by atoms with van der Waals surface area (Å²) in [6.45, 7) is 5.89. The van der Waals surface area contributed by atoms with Gasteiger partial charge in [0.05, 0.1) is 5.69 Å². The largest absolute Gasteiger partial charge is 0.480 e. The van der Waals surface area contributed by atoms with E-state index in [0.717, 1.165) is 5.69 Å². The molecule has 0 aliphatic carbocycles. The van der Waals surface area contributed by atoms with Crippen LogP contribution in [0.5, 0.6) is 0 Å². The van der Waals surface area contributed by atoms with Crippen molar-refractivity contribution in [1.82, 2.24) is 14.7 Å². The van der Waals surface area contributed by atoms with Crippen molar-refractivity contribution in [2.45, 2.75) is 38.4 Å². The zero-order chi connectivity index (χ0) is 13.3. The molecule has 1 fully saturated rings. The number of likely N-dealkylation sites (tertiary alicyclic amines) is 1. The SMILES string of the molecule is CC(C)n1ccc(CN2CCC(N)(C(=O)O)C2)n1. The maximum atomic E-state index is 11.0. The summed E-state index contributed by atoms with van der Waals surface area (Å²) in [6, 6.07) is 2.31. The van der Waals surface area contributed by atoms with Crippen LogP contribution in [0.25, 0.3) is 0 Å². The van der Waals surface area contributed by atoms with Gasteiger partial charge in [-0.2, -0.15) is 5.10 Å². The fraction of sp³-hybridized carbons (Fsp3) is 0.667. The minimum atomic E-state index is -1.10. The predicted molar refractivity (Wildman–Crippen MR) is 67.1 cm³/mol. The van der Waals surface area contributed by atoms with Gasteiger partial charge >= 0.3 is 5.97 Å². The Morgan fingerprint density at radius 1 is 1.67 bits per heavy atom. The summed E-state index contributed by atoms with van der Waals surface area (Å²) in [5.41, 5.74) is 5.69. The van der Waals surface area contributed by atoms with E-state index in [1.165, 1.54) is 0 Å². The minimum absolute atomic E-state index is 0.338. The summed E-state index contributed by atoms with van der Waals surface area (Å²) < 4.78 is 1.90. The van der Waals surface area contributed by atoms with Gasteiger partial charge in [0.25, 0.3) is 0 Å². The minimum Gasteiger partial charge on any atom is -0.480 e. The number of carboxylic acid groups (broad SMARTS) is 1. The van der Waals surface area contributed by atoms with E-state index in [1.54, 1.807) is 0 Å². The van der Waals surface area contributed by atoms with Gasteiger partial charge in [-0.1, -0.05) is 0 Å². The Hall–Kier alpha value is -1.40. The van der Waals surface area contributed by atoms with Crippen molar-refractivity contribution in [3.63, 3.8) is 0 Å². The molecule has 6 heteroatoms. The van der Waals surface area contributed by atoms with Crippen LogP contribution in [-0.2, 0) is 11.3 Å². The number of nitrogens with zero attached hydrogens (tertiary/aromatic N) is 3. The van der Waals surface area contributed by atoms with E-state index >= 15 is 0 Å². The van der Waals surface area contributed by atoms with Crippen LogP contribution in [0.3, 0.4) is 0 Å². The monoisotopic (exact) mass is 252 g/mol. The molecule has 6 nitrogen and oxygen atoms in total. The van der Waals surface area contributed by atoms with Crippen LogP contribution in [0.1, 0.15) is 32.0 Å². The fourth-order valence-corrected chi connectivity index (χ4v) is 2.20. The molecule has 0 saturated carbocycles. The summed E-state index contributed by atoms with van der Waals surface area (Å²) in [5.74, 6) is -0.919. The lowest BCUT2D eigenvalue weighted by Gasteiger charge is -2.19. The van der Waals surface area contributed by atoms with Gasteiger partial charge in [-0.05, 0) is 26.3 Å². The van der Waals surface area contributed by atoms with E-state index in [2.05, 4.69) is 18.9 Å². The predicted octanol–water partition coefficient (Wildman–Crippen LogP) is 0.452. The molecule has 1 atom stereocenters. The third-order valence-electron chi connectivity index (χ3n) is 3.38. The quantitative estimate of drug-likeness (QED) is 0.813. The molecule has 3 N–H and O–H groups in total. The highest BCUT2D eigenvalue weighted by atomic mass is 16.4. The number of carbonyl (C=O) groups is 1. The number of hydrogen-bond acceptors (Lipinski definition) is 4. The van der Waals surface area contributed by atoms with Gasteiger partial charge in [-0.25, -0.2) is 0 Å². The van der Waals surface area contributed by atoms with Gasteiger partial charge in [-0.3, -0.25) is 14.4 Å². The topological polar surface area (TPSA) is 84.4 Å². The van der Waals surface area contributed by atoms with E-state index in [0.29, 0.717) is 32.1 Å². The molecule has 0 bridgehead atoms. The normalized spacial score (nSPS) is 24.9. The molecular weight excluding hydrogens is 232 g/mol. The van der Waals surface area contributed by atoms with Gasteiger partial charge in [0.2, 0.25) is 0 Å². The molecule has 18 heavy (non-hydrogen) atoms. The number of carboxylic acids is 1. The number of rotatable bonds is 4. The van der Waals surface area contributed by atoms with E-state index in [-0.39, 0.29) is 0 Å². The van der Waals surface area contributed by atoms with Gasteiger partial charge in [0.15, 0.2) is 0 Å². The summed E-state index contributed by atoms with van der Waals surface area (Å²) in [6.07, 6.45) is 2.44. The zero-order valence-electron chi connectivity index (χ0n) is 10.8. The third-order valence-corrected chi connectivity index (χ3v) is 3.38. The second kappa shape index (κ2) is 4.70. The molecule has 2 rings (SSSR count). The first kappa shape index (κ1) is 13.0. The highest BCUT2D eigenvalue weighted by Crippen LogP contribution is 2.20. The summed E-state index contributed by atoms with van der Waals surface area (Å²) in [7, 11) is 0. The maximum absolute atomic E-state index is 11.0. The van der Waals surface area contributed by atoms with Gasteiger partial charge in [-0.15, -0.1) is 0 Å². The van der Waals surface area contributed by atoms with Crippen molar-refractivity contribution in [1.29, 1.82) is 0 Å². The first-order valence-corrected chi connectivity index (χ1v) is 6.19. The molecule has 1 aliphatic rings. The summed E-state index contributed by atoms with van der Waals surface area (Å²) in [4.78, 5) is 13.1. The van der Waals surface area contributed by atoms with Crippen molar-refractivity contribution in [3.05, 3.63) is 18.0 Å². The molecule has 1 saturated heterocycles. The van der Waals surface area contributed by atoms with Crippen LogP contribution in [0, 0.1) is 0 Å². The van der Waals surface area contributed by atoms with Crippen molar-refractivity contribution >= 4 is 5.97 Å². The lowest BCUT2D eigenvalue weighted by molar-refractivity contribution is -0.142.